The summed E-state index contributed by atoms with van der Waals surface area (Å²) >= 11 is 0. The molecule has 1 aliphatic heterocycles. The van der Waals surface area contributed by atoms with Crippen molar-refractivity contribution in [1.82, 2.24) is 14.8 Å². The number of ketones is 1. The highest BCUT2D eigenvalue weighted by atomic mass is 16.3. The summed E-state index contributed by atoms with van der Waals surface area (Å²) in [6, 6.07) is 15.5. The highest BCUT2D eigenvalue weighted by Crippen LogP contribution is 2.19. The number of carbonyl (C=O) groups is 3. The lowest BCUT2D eigenvalue weighted by Crippen LogP contribution is -2.56. The maximum atomic E-state index is 12.8. The third-order valence-electron chi connectivity index (χ3n) is 5.27. The topological polar surface area (TPSA) is 83.7 Å². The molecule has 152 valence electrons. The Hall–Kier alpha value is -3.74. The number of amides is 2. The van der Waals surface area contributed by atoms with Gasteiger partial charge in [0.2, 0.25) is 5.78 Å². The van der Waals surface area contributed by atoms with Crippen molar-refractivity contribution >= 4 is 17.6 Å². The molecule has 30 heavy (non-hydrogen) atoms. The Morgan fingerprint density at radius 3 is 2.33 bits per heavy atom. The lowest BCUT2D eigenvalue weighted by molar-refractivity contribution is -0.130. The van der Waals surface area contributed by atoms with Gasteiger partial charge in [0.15, 0.2) is 6.39 Å². The van der Waals surface area contributed by atoms with E-state index in [1.54, 1.807) is 46.2 Å². The number of benzene rings is 2. The second kappa shape index (κ2) is 8.32. The number of Topliss-reactive ketones (excluding diaryl/α,β-unsaturated/α-hetero) is 1. The molecular formula is C23H21N3O4. The summed E-state index contributed by atoms with van der Waals surface area (Å²) in [6.45, 7) is 2.95. The molecule has 1 aliphatic rings. The predicted octanol–water partition coefficient (Wildman–Crippen LogP) is 2.90. The van der Waals surface area contributed by atoms with E-state index < -0.39 is 11.7 Å². The van der Waals surface area contributed by atoms with Crippen molar-refractivity contribution in [2.75, 3.05) is 19.6 Å². The standard InChI is InChI=1S/C23H21N3O4/c1-16-13-25(22(28)19-5-3-2-4-6-19)11-12-26(16)23(29)21(27)18-9-7-17(8-10-18)20-14-30-15-24-20/h2-10,14-16H,11-13H2,1H3/t16-/m1/s1. The van der Waals surface area contributed by atoms with Gasteiger partial charge in [-0.05, 0) is 19.1 Å². The smallest absolute Gasteiger partial charge is 0.295 e. The SMILES string of the molecule is C[C@@H]1CN(C(=O)c2ccccc2)CCN1C(=O)C(=O)c1ccc(-c2cocn2)cc1. The molecule has 7 nitrogen and oxygen atoms in total. The molecule has 0 bridgehead atoms. The predicted molar refractivity (Wildman–Crippen MR) is 110 cm³/mol. The zero-order valence-corrected chi connectivity index (χ0v) is 16.5. The van der Waals surface area contributed by atoms with Gasteiger partial charge in [0.1, 0.15) is 12.0 Å². The van der Waals surface area contributed by atoms with E-state index in [4.69, 9.17) is 4.42 Å². The summed E-state index contributed by atoms with van der Waals surface area (Å²) in [5, 5.41) is 0. The number of rotatable bonds is 4. The Morgan fingerprint density at radius 1 is 0.967 bits per heavy atom. The highest BCUT2D eigenvalue weighted by molar-refractivity contribution is 6.42. The van der Waals surface area contributed by atoms with E-state index in [2.05, 4.69) is 4.98 Å². The first-order valence-electron chi connectivity index (χ1n) is 9.73. The molecule has 2 aromatic carbocycles. The fourth-order valence-electron chi connectivity index (χ4n) is 3.61. The summed E-state index contributed by atoms with van der Waals surface area (Å²) in [6.07, 6.45) is 2.85. The normalized spacial score (nSPS) is 16.4. The minimum absolute atomic E-state index is 0.0654. The van der Waals surface area contributed by atoms with Crippen LogP contribution in [0, 0.1) is 0 Å². The third-order valence-corrected chi connectivity index (χ3v) is 5.27. The maximum absolute atomic E-state index is 12.8. The number of nitrogens with zero attached hydrogens (tertiary/aromatic N) is 3. The first-order chi connectivity index (χ1) is 14.5. The molecular weight excluding hydrogens is 382 g/mol. The van der Waals surface area contributed by atoms with Gasteiger partial charge in [-0.1, -0.05) is 42.5 Å². The van der Waals surface area contributed by atoms with Gasteiger partial charge in [-0.15, -0.1) is 0 Å². The van der Waals surface area contributed by atoms with Crippen LogP contribution in [0.2, 0.25) is 0 Å². The van der Waals surface area contributed by atoms with Gasteiger partial charge in [-0.3, -0.25) is 14.4 Å². The Labute approximate surface area is 173 Å². The molecule has 1 fully saturated rings. The number of hydrogen-bond acceptors (Lipinski definition) is 5. The second-order valence-corrected chi connectivity index (χ2v) is 7.24. The van der Waals surface area contributed by atoms with E-state index in [9.17, 15) is 14.4 Å². The Morgan fingerprint density at radius 2 is 1.70 bits per heavy atom. The van der Waals surface area contributed by atoms with Crippen molar-refractivity contribution in [2.45, 2.75) is 13.0 Å². The molecule has 4 rings (SSSR count). The number of hydrogen-bond donors (Lipinski definition) is 0. The van der Waals surface area contributed by atoms with Crippen molar-refractivity contribution in [2.24, 2.45) is 0 Å². The van der Waals surface area contributed by atoms with Crippen LogP contribution in [0.5, 0.6) is 0 Å². The quantitative estimate of drug-likeness (QED) is 0.494. The van der Waals surface area contributed by atoms with Crippen LogP contribution in [0.15, 0.2) is 71.7 Å². The lowest BCUT2D eigenvalue weighted by Gasteiger charge is -2.39. The first kappa shape index (κ1) is 19.6. The number of aromatic nitrogens is 1. The average molecular weight is 403 g/mol. The summed E-state index contributed by atoms with van der Waals surface area (Å²) in [5.41, 5.74) is 2.40. The zero-order chi connectivity index (χ0) is 21.1. The number of piperazine rings is 1. The van der Waals surface area contributed by atoms with Gasteiger partial charge >= 0.3 is 0 Å². The van der Waals surface area contributed by atoms with Crippen molar-refractivity contribution < 1.29 is 18.8 Å². The fraction of sp³-hybridized carbons (Fsp3) is 0.217. The maximum Gasteiger partial charge on any atom is 0.295 e. The molecule has 0 unspecified atom stereocenters. The lowest BCUT2D eigenvalue weighted by atomic mass is 10.0. The van der Waals surface area contributed by atoms with Crippen LogP contribution in [-0.4, -0.2) is 58.1 Å². The van der Waals surface area contributed by atoms with Gasteiger partial charge < -0.3 is 14.2 Å². The Kier molecular flexibility index (Phi) is 5.43. The largest absolute Gasteiger partial charge is 0.451 e. The highest BCUT2D eigenvalue weighted by Gasteiger charge is 2.33. The Balaban J connectivity index is 1.41. The zero-order valence-electron chi connectivity index (χ0n) is 16.5. The van der Waals surface area contributed by atoms with E-state index in [0.29, 0.717) is 36.5 Å². The van der Waals surface area contributed by atoms with Gasteiger partial charge in [0.05, 0.1) is 0 Å². The minimum atomic E-state index is -0.559. The fourth-order valence-corrected chi connectivity index (χ4v) is 3.61. The van der Waals surface area contributed by atoms with Gasteiger partial charge in [-0.2, -0.15) is 0 Å². The summed E-state index contributed by atoms with van der Waals surface area (Å²) in [4.78, 5) is 45.5. The van der Waals surface area contributed by atoms with Crippen LogP contribution in [0.3, 0.4) is 0 Å². The monoisotopic (exact) mass is 403 g/mol. The molecule has 1 atom stereocenters. The first-order valence-corrected chi connectivity index (χ1v) is 9.73. The van der Waals surface area contributed by atoms with Crippen LogP contribution in [0.4, 0.5) is 0 Å². The summed E-state index contributed by atoms with van der Waals surface area (Å²) in [7, 11) is 0. The molecule has 0 aliphatic carbocycles. The molecule has 1 saturated heterocycles. The van der Waals surface area contributed by atoms with Crippen LogP contribution in [0.1, 0.15) is 27.6 Å². The van der Waals surface area contributed by atoms with E-state index in [1.165, 1.54) is 12.7 Å². The second-order valence-electron chi connectivity index (χ2n) is 7.24. The Bertz CT molecular complexity index is 1050. The van der Waals surface area contributed by atoms with Gasteiger partial charge in [-0.25, -0.2) is 4.98 Å². The third kappa shape index (κ3) is 3.87. The van der Waals surface area contributed by atoms with E-state index in [0.717, 1.165) is 5.56 Å². The van der Waals surface area contributed by atoms with Gasteiger partial charge in [0.25, 0.3) is 11.8 Å². The molecule has 0 radical (unpaired) electrons. The van der Waals surface area contributed by atoms with E-state index in [-0.39, 0.29) is 11.9 Å². The molecule has 2 heterocycles. The van der Waals surface area contributed by atoms with Crippen LogP contribution in [-0.2, 0) is 4.79 Å². The number of oxazole rings is 1. The van der Waals surface area contributed by atoms with E-state index in [1.807, 2.05) is 25.1 Å². The summed E-state index contributed by atoms with van der Waals surface area (Å²) in [5.74, 6) is -1.18. The van der Waals surface area contributed by atoms with Crippen molar-refractivity contribution in [3.05, 3.63) is 78.4 Å². The molecule has 3 aromatic rings. The molecule has 0 N–H and O–H groups in total. The molecule has 0 spiro atoms. The average Bonchev–Trinajstić information content (AvgIpc) is 3.33. The van der Waals surface area contributed by atoms with Crippen LogP contribution < -0.4 is 0 Å². The number of carbonyl (C=O) groups excluding carboxylic acids is 3. The molecule has 0 saturated carbocycles. The van der Waals surface area contributed by atoms with Crippen molar-refractivity contribution in [3.8, 4) is 11.3 Å². The van der Waals surface area contributed by atoms with Crippen LogP contribution >= 0.6 is 0 Å². The minimum Gasteiger partial charge on any atom is -0.451 e. The molecule has 7 heteroatoms. The molecule has 2 amide bonds. The van der Waals surface area contributed by atoms with E-state index >= 15 is 0 Å². The molecule has 1 aromatic heterocycles. The van der Waals surface area contributed by atoms with Crippen LogP contribution in [0.25, 0.3) is 11.3 Å². The summed E-state index contributed by atoms with van der Waals surface area (Å²) < 4.78 is 4.96. The van der Waals surface area contributed by atoms with Crippen molar-refractivity contribution in [1.29, 1.82) is 0 Å². The van der Waals surface area contributed by atoms with Gasteiger partial charge in [0, 0.05) is 42.4 Å². The van der Waals surface area contributed by atoms with Crippen molar-refractivity contribution in [3.63, 3.8) is 0 Å².